The van der Waals surface area contributed by atoms with Crippen molar-refractivity contribution >= 4 is 44.8 Å². The van der Waals surface area contributed by atoms with Crippen molar-refractivity contribution in [2.75, 3.05) is 39.8 Å². The molecule has 3 heterocycles. The Morgan fingerprint density at radius 2 is 1.83 bits per heavy atom. The average Bonchev–Trinajstić information content (AvgIpc) is 3.54. The molecule has 2 aromatic heterocycles. The van der Waals surface area contributed by atoms with E-state index in [-0.39, 0.29) is 17.3 Å². The summed E-state index contributed by atoms with van der Waals surface area (Å²) in [5.41, 5.74) is 0.695. The summed E-state index contributed by atoms with van der Waals surface area (Å²) in [6.07, 6.45) is 3.37. The van der Waals surface area contributed by atoms with Gasteiger partial charge in [0.2, 0.25) is 15.9 Å². The molecule has 0 radical (unpaired) electrons. The monoisotopic (exact) mass is 536 g/mol. The second-order valence-electron chi connectivity index (χ2n) is 8.06. The van der Waals surface area contributed by atoms with Crippen LogP contribution in [0.4, 0.5) is 0 Å². The fraction of sp³-hybridized carbons (Fsp3) is 0.318. The lowest BCUT2D eigenvalue weighted by Gasteiger charge is -2.34. The van der Waals surface area contributed by atoms with Crippen LogP contribution in [0.15, 0.2) is 59.8 Å². The maximum Gasteiger partial charge on any atom is 0.261 e. The van der Waals surface area contributed by atoms with Gasteiger partial charge in [-0.05, 0) is 49.5 Å². The Morgan fingerprint density at radius 1 is 1.11 bits per heavy atom. The van der Waals surface area contributed by atoms with Crippen LogP contribution >= 0.6 is 22.9 Å². The van der Waals surface area contributed by atoms with Gasteiger partial charge in [-0.25, -0.2) is 13.1 Å². The lowest BCUT2D eigenvalue weighted by Crippen LogP contribution is -2.57. The van der Waals surface area contributed by atoms with Gasteiger partial charge in [-0.15, -0.1) is 11.3 Å². The molecule has 2 amide bonds. The third kappa shape index (κ3) is 6.27. The van der Waals surface area contributed by atoms with E-state index in [2.05, 4.69) is 20.0 Å². The number of halogens is 1. The number of hydrogen-bond acceptors (Lipinski definition) is 7. The van der Waals surface area contributed by atoms with Crippen molar-refractivity contribution in [3.8, 4) is 5.69 Å². The van der Waals surface area contributed by atoms with E-state index in [0.717, 1.165) is 11.3 Å². The third-order valence-electron chi connectivity index (χ3n) is 5.59. The maximum absolute atomic E-state index is 13.3. The molecule has 1 saturated heterocycles. The highest BCUT2D eigenvalue weighted by atomic mass is 35.5. The second kappa shape index (κ2) is 10.9. The molecule has 0 saturated carbocycles. The first-order valence-electron chi connectivity index (χ1n) is 10.9. The summed E-state index contributed by atoms with van der Waals surface area (Å²) in [6.45, 7) is 2.10. The number of benzene rings is 1. The molecule has 1 atom stereocenters. The Hall–Kier alpha value is -2.77. The summed E-state index contributed by atoms with van der Waals surface area (Å²) in [6, 6.07) is 9.91. The lowest BCUT2D eigenvalue weighted by atomic mass is 10.2. The van der Waals surface area contributed by atoms with Crippen LogP contribution in [-0.4, -0.2) is 85.6 Å². The molecule has 1 fully saturated rings. The first-order chi connectivity index (χ1) is 16.7. The smallest absolute Gasteiger partial charge is 0.261 e. The van der Waals surface area contributed by atoms with E-state index >= 15 is 0 Å². The predicted molar refractivity (Wildman–Crippen MR) is 133 cm³/mol. The number of rotatable bonds is 8. The van der Waals surface area contributed by atoms with Crippen molar-refractivity contribution in [2.24, 2.45) is 0 Å². The number of likely N-dealkylation sites (N-methyl/N-ethyl adjacent to an activating group) is 1. The van der Waals surface area contributed by atoms with E-state index in [9.17, 15) is 18.0 Å². The molecule has 0 bridgehead atoms. The highest BCUT2D eigenvalue weighted by Crippen LogP contribution is 2.21. The lowest BCUT2D eigenvalue weighted by molar-refractivity contribution is -0.134. The summed E-state index contributed by atoms with van der Waals surface area (Å²) >= 11 is 7.01. The van der Waals surface area contributed by atoms with Crippen LogP contribution in [0.2, 0.25) is 4.34 Å². The minimum absolute atomic E-state index is 0.000878. The number of carbonyl (C=O) groups excluding carboxylic acids is 2. The summed E-state index contributed by atoms with van der Waals surface area (Å²) in [7, 11) is -2.10. The van der Waals surface area contributed by atoms with Crippen LogP contribution in [0.5, 0.6) is 0 Å². The Balaban J connectivity index is 1.51. The number of aromatic nitrogens is 2. The normalized spacial score (nSPS) is 15.7. The Morgan fingerprint density at radius 3 is 2.43 bits per heavy atom. The summed E-state index contributed by atoms with van der Waals surface area (Å²) in [4.78, 5) is 29.9. The number of nitrogens with zero attached hydrogens (tertiary/aromatic N) is 4. The topological polar surface area (TPSA) is 117 Å². The van der Waals surface area contributed by atoms with Gasteiger partial charge in [0.1, 0.15) is 6.04 Å². The van der Waals surface area contributed by atoms with Gasteiger partial charge in [-0.2, -0.15) is 9.82 Å². The van der Waals surface area contributed by atoms with E-state index in [1.165, 1.54) is 12.1 Å². The SMILES string of the molecule is CN1CCN(C(=O)[C@H](CNC(=O)c2ccc(Cl)s2)NS(=O)(=O)c2ccc(-n3cccn3)cc2)CC1. The number of hydrogen-bond donors (Lipinski definition) is 2. The molecule has 10 nitrogen and oxygen atoms in total. The first-order valence-corrected chi connectivity index (χ1v) is 13.5. The van der Waals surface area contributed by atoms with Gasteiger partial charge >= 0.3 is 0 Å². The van der Waals surface area contributed by atoms with E-state index in [1.807, 2.05) is 7.05 Å². The van der Waals surface area contributed by atoms with E-state index in [4.69, 9.17) is 11.6 Å². The van der Waals surface area contributed by atoms with E-state index in [1.54, 1.807) is 52.3 Å². The zero-order valence-corrected chi connectivity index (χ0v) is 21.3. The van der Waals surface area contributed by atoms with Gasteiger partial charge in [0.25, 0.3) is 5.91 Å². The van der Waals surface area contributed by atoms with Gasteiger partial charge < -0.3 is 15.1 Å². The van der Waals surface area contributed by atoms with Crippen LogP contribution in [0.25, 0.3) is 5.69 Å². The Labute approximate surface area is 212 Å². The zero-order chi connectivity index (χ0) is 25.0. The van der Waals surface area contributed by atoms with Crippen molar-refractivity contribution < 1.29 is 18.0 Å². The highest BCUT2D eigenvalue weighted by Gasteiger charge is 2.31. The van der Waals surface area contributed by atoms with Crippen LogP contribution in [0.1, 0.15) is 9.67 Å². The number of sulfonamides is 1. The largest absolute Gasteiger partial charge is 0.349 e. The van der Waals surface area contributed by atoms with Crippen molar-refractivity contribution in [3.05, 3.63) is 64.1 Å². The minimum atomic E-state index is -4.06. The Kier molecular flexibility index (Phi) is 7.87. The number of nitrogens with one attached hydrogen (secondary N) is 2. The average molecular weight is 537 g/mol. The molecule has 0 spiro atoms. The minimum Gasteiger partial charge on any atom is -0.349 e. The number of carbonyl (C=O) groups is 2. The molecule has 0 unspecified atom stereocenters. The molecular formula is C22H25ClN6O4S2. The van der Waals surface area contributed by atoms with Gasteiger partial charge in [0.15, 0.2) is 0 Å². The fourth-order valence-electron chi connectivity index (χ4n) is 3.60. The standard InChI is InChI=1S/C22H25ClN6O4S2/c1-27-11-13-28(14-12-27)22(31)18(15-24-21(30)19-7-8-20(23)34-19)26-35(32,33)17-5-3-16(4-6-17)29-10-2-9-25-29/h2-10,18,26H,11-15H2,1H3,(H,24,30)/t18-/m0/s1. The number of amides is 2. The summed E-state index contributed by atoms with van der Waals surface area (Å²) in [5, 5.41) is 6.78. The number of piperazine rings is 1. The van der Waals surface area contributed by atoms with Crippen molar-refractivity contribution in [1.29, 1.82) is 0 Å². The Bertz CT molecular complexity index is 1270. The molecule has 0 aliphatic carbocycles. The maximum atomic E-state index is 13.3. The van der Waals surface area contributed by atoms with Crippen LogP contribution in [0, 0.1) is 0 Å². The molecule has 186 valence electrons. The van der Waals surface area contributed by atoms with Crippen LogP contribution in [-0.2, 0) is 14.8 Å². The molecular weight excluding hydrogens is 512 g/mol. The van der Waals surface area contributed by atoms with Crippen molar-refractivity contribution in [1.82, 2.24) is 29.6 Å². The summed E-state index contributed by atoms with van der Waals surface area (Å²) in [5.74, 6) is -0.819. The van der Waals surface area contributed by atoms with Gasteiger partial charge in [-0.3, -0.25) is 9.59 Å². The third-order valence-corrected chi connectivity index (χ3v) is 8.31. The quantitative estimate of drug-likeness (QED) is 0.450. The molecule has 4 rings (SSSR count). The molecule has 1 aliphatic heterocycles. The van der Waals surface area contributed by atoms with Crippen molar-refractivity contribution in [2.45, 2.75) is 10.9 Å². The number of thiophene rings is 1. The molecule has 35 heavy (non-hydrogen) atoms. The summed E-state index contributed by atoms with van der Waals surface area (Å²) < 4.78 is 30.9. The zero-order valence-electron chi connectivity index (χ0n) is 18.9. The van der Waals surface area contributed by atoms with Gasteiger partial charge in [0, 0.05) is 45.1 Å². The van der Waals surface area contributed by atoms with E-state index < -0.39 is 22.0 Å². The molecule has 3 aromatic rings. The van der Waals surface area contributed by atoms with Gasteiger partial charge in [-0.1, -0.05) is 11.6 Å². The molecule has 1 aromatic carbocycles. The van der Waals surface area contributed by atoms with Crippen molar-refractivity contribution in [3.63, 3.8) is 0 Å². The first kappa shape index (κ1) is 25.3. The molecule has 2 N–H and O–H groups in total. The molecule has 13 heteroatoms. The second-order valence-corrected chi connectivity index (χ2v) is 11.5. The van der Waals surface area contributed by atoms with Crippen LogP contribution < -0.4 is 10.0 Å². The molecule has 1 aliphatic rings. The van der Waals surface area contributed by atoms with E-state index in [0.29, 0.717) is 41.1 Å². The van der Waals surface area contributed by atoms with Gasteiger partial charge in [0.05, 0.1) is 19.8 Å². The predicted octanol–water partition coefficient (Wildman–Crippen LogP) is 1.44. The van der Waals surface area contributed by atoms with Crippen LogP contribution in [0.3, 0.4) is 0 Å². The highest BCUT2D eigenvalue weighted by molar-refractivity contribution is 7.89. The fourth-order valence-corrected chi connectivity index (χ4v) is 5.75.